The molecule has 1 aliphatic rings. The highest BCUT2D eigenvalue weighted by atomic mass is 16.6. The van der Waals surface area contributed by atoms with Crippen molar-refractivity contribution in [3.8, 4) is 5.88 Å². The smallest absolute Gasteiger partial charge is 0.315 e. The number of pyridine rings is 1. The highest BCUT2D eigenvalue weighted by Gasteiger charge is 2.15. The number of nitrogens with one attached hydrogen (secondary N) is 2. The zero-order valence-electron chi connectivity index (χ0n) is 12.8. The lowest BCUT2D eigenvalue weighted by atomic mass is 10.2. The molecule has 0 aromatic carbocycles. The molecule has 2 amide bonds. The molecule has 1 aromatic heterocycles. The Morgan fingerprint density at radius 2 is 2.36 bits per heavy atom. The van der Waals surface area contributed by atoms with E-state index in [-0.39, 0.29) is 12.1 Å². The van der Waals surface area contributed by atoms with Gasteiger partial charge in [-0.15, -0.1) is 0 Å². The molecule has 2 N–H and O–H groups in total. The van der Waals surface area contributed by atoms with Gasteiger partial charge in [-0.1, -0.05) is 13.0 Å². The quantitative estimate of drug-likeness (QED) is 0.788. The van der Waals surface area contributed by atoms with Gasteiger partial charge in [0.05, 0.1) is 32.5 Å². The third kappa shape index (κ3) is 5.50. The number of hydrogen-bond acceptors (Lipinski definition) is 5. The molecule has 2 rings (SSSR count). The standard InChI is InChI=1S/C15H23N3O4/c1-2-6-22-14-12(4-3-5-16-14)9-17-15(19)18-10-13-11-20-7-8-21-13/h3-5,13H,2,6-11H2,1H3,(H2,17,18,19). The number of carbonyl (C=O) groups excluding carboxylic acids is 1. The van der Waals surface area contributed by atoms with Gasteiger partial charge < -0.3 is 24.8 Å². The predicted octanol–water partition coefficient (Wildman–Crippen LogP) is 1.08. The topological polar surface area (TPSA) is 81.7 Å². The van der Waals surface area contributed by atoms with Crippen LogP contribution in [0.3, 0.4) is 0 Å². The molecular weight excluding hydrogens is 286 g/mol. The Hall–Kier alpha value is -1.86. The number of amides is 2. The van der Waals surface area contributed by atoms with Crippen LogP contribution < -0.4 is 15.4 Å². The minimum atomic E-state index is -0.250. The molecule has 1 saturated heterocycles. The average molecular weight is 309 g/mol. The van der Waals surface area contributed by atoms with Crippen LogP contribution in [0.4, 0.5) is 4.79 Å². The van der Waals surface area contributed by atoms with Crippen LogP contribution in [0.15, 0.2) is 18.3 Å². The van der Waals surface area contributed by atoms with E-state index in [1.54, 1.807) is 6.20 Å². The van der Waals surface area contributed by atoms with Gasteiger partial charge in [0.2, 0.25) is 5.88 Å². The fraction of sp³-hybridized carbons (Fsp3) is 0.600. The average Bonchev–Trinajstić information content (AvgIpc) is 2.58. The summed E-state index contributed by atoms with van der Waals surface area (Å²) in [6, 6.07) is 3.46. The zero-order valence-corrected chi connectivity index (χ0v) is 12.8. The van der Waals surface area contributed by atoms with Crippen molar-refractivity contribution in [2.75, 3.05) is 33.0 Å². The van der Waals surface area contributed by atoms with E-state index in [0.717, 1.165) is 12.0 Å². The fourth-order valence-electron chi connectivity index (χ4n) is 1.99. The summed E-state index contributed by atoms with van der Waals surface area (Å²) < 4.78 is 16.3. The van der Waals surface area contributed by atoms with Gasteiger partial charge in [0.15, 0.2) is 0 Å². The Morgan fingerprint density at radius 3 is 3.14 bits per heavy atom. The summed E-state index contributed by atoms with van der Waals surface area (Å²) in [4.78, 5) is 16.0. The summed E-state index contributed by atoms with van der Waals surface area (Å²) in [5, 5.41) is 5.56. The molecular formula is C15H23N3O4. The van der Waals surface area contributed by atoms with Crippen molar-refractivity contribution < 1.29 is 19.0 Å². The molecule has 1 aromatic rings. The first-order chi connectivity index (χ1) is 10.8. The Morgan fingerprint density at radius 1 is 1.45 bits per heavy atom. The molecule has 122 valence electrons. The van der Waals surface area contributed by atoms with Crippen LogP contribution in [-0.4, -0.2) is 50.1 Å². The lowest BCUT2D eigenvalue weighted by Crippen LogP contribution is -2.43. The van der Waals surface area contributed by atoms with Crippen molar-refractivity contribution in [2.24, 2.45) is 0 Å². The minimum absolute atomic E-state index is 0.0821. The lowest BCUT2D eigenvalue weighted by Gasteiger charge is -2.23. The molecule has 1 aliphatic heterocycles. The van der Waals surface area contributed by atoms with Gasteiger partial charge in [-0.25, -0.2) is 9.78 Å². The maximum atomic E-state index is 11.8. The highest BCUT2D eigenvalue weighted by Crippen LogP contribution is 2.14. The third-order valence-corrected chi connectivity index (χ3v) is 3.11. The molecule has 1 atom stereocenters. The SMILES string of the molecule is CCCOc1ncccc1CNC(=O)NCC1COCCO1. The monoisotopic (exact) mass is 309 g/mol. The Balaban J connectivity index is 1.73. The van der Waals surface area contributed by atoms with Gasteiger partial charge in [0.1, 0.15) is 0 Å². The number of nitrogens with zero attached hydrogens (tertiary/aromatic N) is 1. The summed E-state index contributed by atoms with van der Waals surface area (Å²) in [5.74, 6) is 0.564. The highest BCUT2D eigenvalue weighted by molar-refractivity contribution is 5.73. The number of ether oxygens (including phenoxy) is 3. The summed E-state index contributed by atoms with van der Waals surface area (Å²) in [6.45, 7) is 5.13. The molecule has 7 nitrogen and oxygen atoms in total. The normalized spacial score (nSPS) is 17.8. The van der Waals surface area contributed by atoms with E-state index >= 15 is 0 Å². The van der Waals surface area contributed by atoms with Crippen LogP contribution in [0.2, 0.25) is 0 Å². The molecule has 1 unspecified atom stereocenters. The van der Waals surface area contributed by atoms with E-state index in [1.165, 1.54) is 0 Å². The van der Waals surface area contributed by atoms with Crippen molar-refractivity contribution in [1.82, 2.24) is 15.6 Å². The Kier molecular flexibility index (Phi) is 6.92. The van der Waals surface area contributed by atoms with Crippen LogP contribution in [0.25, 0.3) is 0 Å². The van der Waals surface area contributed by atoms with Crippen LogP contribution in [0.5, 0.6) is 5.88 Å². The molecule has 0 spiro atoms. The van der Waals surface area contributed by atoms with E-state index in [0.29, 0.717) is 45.4 Å². The van der Waals surface area contributed by atoms with Crippen molar-refractivity contribution in [1.29, 1.82) is 0 Å². The van der Waals surface area contributed by atoms with Gasteiger partial charge in [-0.05, 0) is 12.5 Å². The fourth-order valence-corrected chi connectivity index (χ4v) is 1.99. The summed E-state index contributed by atoms with van der Waals surface area (Å²) in [6.07, 6.45) is 2.50. The molecule has 1 fully saturated rings. The third-order valence-electron chi connectivity index (χ3n) is 3.11. The second kappa shape index (κ2) is 9.22. The number of hydrogen-bond donors (Lipinski definition) is 2. The maximum Gasteiger partial charge on any atom is 0.315 e. The van der Waals surface area contributed by atoms with Crippen LogP contribution in [0, 0.1) is 0 Å². The molecule has 0 aliphatic carbocycles. The second-order valence-electron chi connectivity index (χ2n) is 4.95. The van der Waals surface area contributed by atoms with Crippen LogP contribution in [0.1, 0.15) is 18.9 Å². The van der Waals surface area contributed by atoms with Gasteiger partial charge in [0, 0.05) is 24.8 Å². The summed E-state index contributed by atoms with van der Waals surface area (Å²) in [5.41, 5.74) is 0.850. The molecule has 22 heavy (non-hydrogen) atoms. The number of aromatic nitrogens is 1. The first-order valence-electron chi connectivity index (χ1n) is 7.57. The van der Waals surface area contributed by atoms with Gasteiger partial charge >= 0.3 is 6.03 Å². The summed E-state index contributed by atoms with van der Waals surface area (Å²) >= 11 is 0. The van der Waals surface area contributed by atoms with Crippen molar-refractivity contribution in [2.45, 2.75) is 26.0 Å². The summed E-state index contributed by atoms with van der Waals surface area (Å²) in [7, 11) is 0. The first-order valence-corrected chi connectivity index (χ1v) is 7.57. The Labute approximate surface area is 130 Å². The van der Waals surface area contributed by atoms with E-state index in [4.69, 9.17) is 14.2 Å². The second-order valence-corrected chi connectivity index (χ2v) is 4.95. The first kappa shape index (κ1) is 16.5. The number of carbonyl (C=O) groups is 1. The largest absolute Gasteiger partial charge is 0.477 e. The van der Waals surface area contributed by atoms with E-state index in [2.05, 4.69) is 15.6 Å². The predicted molar refractivity (Wildman–Crippen MR) is 80.8 cm³/mol. The molecule has 0 radical (unpaired) electrons. The van der Waals surface area contributed by atoms with Gasteiger partial charge in [-0.3, -0.25) is 0 Å². The Bertz CT molecular complexity index is 464. The molecule has 0 saturated carbocycles. The molecule has 0 bridgehead atoms. The molecule has 2 heterocycles. The zero-order chi connectivity index (χ0) is 15.6. The number of urea groups is 1. The molecule has 7 heteroatoms. The van der Waals surface area contributed by atoms with Crippen LogP contribution in [-0.2, 0) is 16.0 Å². The van der Waals surface area contributed by atoms with Crippen molar-refractivity contribution in [3.63, 3.8) is 0 Å². The maximum absolute atomic E-state index is 11.8. The van der Waals surface area contributed by atoms with Crippen molar-refractivity contribution in [3.05, 3.63) is 23.9 Å². The van der Waals surface area contributed by atoms with Gasteiger partial charge in [-0.2, -0.15) is 0 Å². The minimum Gasteiger partial charge on any atom is -0.477 e. The van der Waals surface area contributed by atoms with E-state index < -0.39 is 0 Å². The van der Waals surface area contributed by atoms with E-state index in [1.807, 2.05) is 19.1 Å². The van der Waals surface area contributed by atoms with Crippen molar-refractivity contribution >= 4 is 6.03 Å². The van der Waals surface area contributed by atoms with E-state index in [9.17, 15) is 4.79 Å². The van der Waals surface area contributed by atoms with Crippen LogP contribution >= 0.6 is 0 Å². The lowest BCUT2D eigenvalue weighted by molar-refractivity contribution is -0.0853. The van der Waals surface area contributed by atoms with Gasteiger partial charge in [0.25, 0.3) is 0 Å². The number of rotatable bonds is 7.